The normalized spacial score (nSPS) is 16.9. The van der Waals surface area contributed by atoms with E-state index in [0.29, 0.717) is 23.9 Å². The maximum absolute atomic E-state index is 13.2. The number of β-lactam (4-membered cyclic amide) rings is 1. The zero-order chi connectivity index (χ0) is 33.8. The van der Waals surface area contributed by atoms with E-state index in [1.54, 1.807) is 40.8 Å². The number of nitrogen functional groups attached to an aromatic ring is 1. The average molecular weight is 683 g/mol. The van der Waals surface area contributed by atoms with Crippen LogP contribution < -0.4 is 26.1 Å². The number of carboxylic acids is 1. The Balaban J connectivity index is 1.46. The molecule has 2 atom stereocenters. The Kier molecular flexibility index (Phi) is 10.2. The first-order valence-corrected chi connectivity index (χ1v) is 15.7. The monoisotopic (exact) mass is 682 g/mol. The van der Waals surface area contributed by atoms with Crippen molar-refractivity contribution in [1.29, 1.82) is 0 Å². The van der Waals surface area contributed by atoms with E-state index in [2.05, 4.69) is 24.8 Å². The van der Waals surface area contributed by atoms with E-state index >= 15 is 0 Å². The topological polar surface area (TPSA) is 268 Å². The first-order valence-electron chi connectivity index (χ1n) is 13.5. The van der Waals surface area contributed by atoms with Gasteiger partial charge in [-0.2, -0.15) is 23.1 Å². The van der Waals surface area contributed by atoms with Crippen molar-refractivity contribution in [2.24, 2.45) is 17.9 Å². The highest BCUT2D eigenvalue weighted by molar-refractivity contribution is 7.80. The van der Waals surface area contributed by atoms with Crippen molar-refractivity contribution in [2.45, 2.75) is 44.5 Å². The van der Waals surface area contributed by atoms with Crippen LogP contribution in [-0.2, 0) is 47.5 Å². The van der Waals surface area contributed by atoms with Crippen LogP contribution in [0.3, 0.4) is 0 Å². The Bertz CT molecular complexity index is 1760. The molecule has 1 aliphatic heterocycles. The number of anilines is 1. The molecule has 3 aromatic rings. The van der Waals surface area contributed by atoms with Crippen LogP contribution in [0.25, 0.3) is 11.3 Å². The lowest BCUT2D eigenvalue weighted by Gasteiger charge is -2.50. The molecule has 0 aliphatic carbocycles. The molecule has 21 heteroatoms. The number of aliphatic carboxylic acids is 1. The largest absolute Gasteiger partial charge is 0.483 e. The minimum absolute atomic E-state index is 0.0561. The van der Waals surface area contributed by atoms with Gasteiger partial charge in [0.25, 0.3) is 17.9 Å². The highest BCUT2D eigenvalue weighted by Gasteiger charge is 2.58. The van der Waals surface area contributed by atoms with E-state index in [9.17, 15) is 27.9 Å². The third-order valence-corrected chi connectivity index (χ3v) is 7.69. The van der Waals surface area contributed by atoms with Crippen molar-refractivity contribution in [1.82, 2.24) is 25.1 Å². The molecule has 0 unspecified atom stereocenters. The Hall–Kier alpha value is -4.70. The number of thiazole rings is 1. The van der Waals surface area contributed by atoms with Gasteiger partial charge in [-0.25, -0.2) is 9.78 Å². The molecule has 4 heterocycles. The van der Waals surface area contributed by atoms with Crippen molar-refractivity contribution in [3.63, 3.8) is 0 Å². The molecule has 1 fully saturated rings. The van der Waals surface area contributed by atoms with E-state index in [1.807, 2.05) is 6.20 Å². The minimum Gasteiger partial charge on any atom is -0.483 e. The van der Waals surface area contributed by atoms with E-state index < -0.39 is 58.2 Å². The molecule has 248 valence electrons. The second kappa shape index (κ2) is 13.7. The van der Waals surface area contributed by atoms with Gasteiger partial charge in [-0.1, -0.05) is 5.16 Å². The second-order valence-corrected chi connectivity index (χ2v) is 12.3. The maximum atomic E-state index is 13.2. The quantitative estimate of drug-likeness (QED) is 0.0417. The van der Waals surface area contributed by atoms with Crippen molar-refractivity contribution in [3.8, 4) is 17.0 Å². The maximum Gasteiger partial charge on any atom is 0.418 e. The molecule has 2 amide bonds. The molecular weight excluding hydrogens is 650 g/mol. The van der Waals surface area contributed by atoms with Crippen molar-refractivity contribution >= 4 is 50.4 Å². The fourth-order valence-electron chi connectivity index (χ4n) is 4.29. The first-order chi connectivity index (χ1) is 21.6. The summed E-state index contributed by atoms with van der Waals surface area (Å²) in [5.41, 5.74) is 10.9. The van der Waals surface area contributed by atoms with Crippen LogP contribution in [0.2, 0.25) is 0 Å². The molecule has 19 nitrogen and oxygen atoms in total. The zero-order valence-electron chi connectivity index (χ0n) is 24.8. The molecular formula is C25H32N9O10S2+. The highest BCUT2D eigenvalue weighted by atomic mass is 32.3. The fourth-order valence-corrected chi connectivity index (χ4v) is 5.30. The van der Waals surface area contributed by atoms with Crippen molar-refractivity contribution in [2.75, 3.05) is 18.9 Å². The molecule has 7 N–H and O–H groups in total. The van der Waals surface area contributed by atoms with Crippen LogP contribution in [0.5, 0.6) is 5.75 Å². The van der Waals surface area contributed by atoms with Gasteiger partial charge in [-0.05, 0) is 32.9 Å². The first kappa shape index (κ1) is 34.2. The lowest BCUT2D eigenvalue weighted by atomic mass is 9.84. The average Bonchev–Trinajstić information content (AvgIpc) is 3.63. The molecule has 46 heavy (non-hydrogen) atoms. The standard InChI is InChI=1S/C25H31N9O10S2/c1-25(2)20(22(36)34(25)44-46(39,40)41)30-21(35)19(16-13-45-24(27)29-16)31-43-18(23(37)38)12-42-15-5-6-17(32(3)11-15)14-9-28-33(10-14)8-4-7-26/h5-6,9-11,13,18,20H,4,7-8,12,26H2,1-3H3,(H4-,27,29,30,35,37,38,39,40,41)/p+1/b31-19-/t18-,20+/m0/s1. The summed E-state index contributed by atoms with van der Waals surface area (Å²) in [5.74, 6) is -3.17. The Morgan fingerprint density at radius 1 is 1.33 bits per heavy atom. The third kappa shape index (κ3) is 7.92. The van der Waals surface area contributed by atoms with Crippen LogP contribution >= 0.6 is 11.3 Å². The molecule has 0 spiro atoms. The Labute approximate surface area is 266 Å². The molecule has 3 aromatic heterocycles. The van der Waals surface area contributed by atoms with Gasteiger partial charge in [0.2, 0.25) is 11.9 Å². The molecule has 0 saturated carbocycles. The van der Waals surface area contributed by atoms with Crippen LogP contribution in [0.4, 0.5) is 5.13 Å². The number of ether oxygens (including phenoxy) is 1. The number of hydroxylamine groups is 2. The minimum atomic E-state index is -5.02. The summed E-state index contributed by atoms with van der Waals surface area (Å²) in [6, 6.07) is 2.08. The number of oxime groups is 1. The number of hydrogen-bond acceptors (Lipinski definition) is 14. The summed E-state index contributed by atoms with van der Waals surface area (Å²) in [6.07, 6.45) is 4.33. The predicted octanol–water partition coefficient (Wildman–Crippen LogP) is -1.14. The van der Waals surface area contributed by atoms with Crippen LogP contribution in [0.15, 0.2) is 41.3 Å². The molecule has 0 aromatic carbocycles. The number of carbonyl (C=O) groups excluding carboxylic acids is 2. The van der Waals surface area contributed by atoms with Gasteiger partial charge in [0, 0.05) is 24.2 Å². The van der Waals surface area contributed by atoms with Gasteiger partial charge in [0.05, 0.1) is 17.3 Å². The lowest BCUT2D eigenvalue weighted by Crippen LogP contribution is -2.76. The second-order valence-electron chi connectivity index (χ2n) is 10.4. The number of carboxylic acid groups (broad SMARTS) is 1. The zero-order valence-corrected chi connectivity index (χ0v) is 26.4. The number of aryl methyl sites for hydroxylation is 2. The third-order valence-electron chi connectivity index (χ3n) is 6.68. The van der Waals surface area contributed by atoms with Gasteiger partial charge in [-0.3, -0.25) is 18.8 Å². The number of nitrogens with one attached hydrogen (secondary N) is 1. The number of amides is 2. The molecule has 1 saturated heterocycles. The van der Waals surface area contributed by atoms with Crippen molar-refractivity contribution in [3.05, 3.63) is 41.8 Å². The van der Waals surface area contributed by atoms with Crippen LogP contribution in [-0.4, -0.2) is 92.2 Å². The number of pyridine rings is 1. The van der Waals surface area contributed by atoms with Crippen LogP contribution in [0.1, 0.15) is 26.0 Å². The molecule has 0 radical (unpaired) electrons. The lowest BCUT2D eigenvalue weighted by molar-refractivity contribution is -0.660. The van der Waals surface area contributed by atoms with Gasteiger partial charge in [-0.15, -0.1) is 15.6 Å². The van der Waals surface area contributed by atoms with E-state index in [0.717, 1.165) is 29.0 Å². The predicted molar refractivity (Wildman–Crippen MR) is 159 cm³/mol. The van der Waals surface area contributed by atoms with Gasteiger partial charge < -0.3 is 31.5 Å². The summed E-state index contributed by atoms with van der Waals surface area (Å²) in [4.78, 5) is 46.9. The van der Waals surface area contributed by atoms with Gasteiger partial charge >= 0.3 is 16.4 Å². The van der Waals surface area contributed by atoms with Crippen LogP contribution in [0, 0.1) is 0 Å². The Morgan fingerprint density at radius 2 is 2.07 bits per heavy atom. The number of nitrogens with zero attached hydrogens (tertiary/aromatic N) is 6. The Morgan fingerprint density at radius 3 is 2.65 bits per heavy atom. The van der Waals surface area contributed by atoms with Gasteiger partial charge in [0.1, 0.15) is 25.4 Å². The number of rotatable bonds is 15. The number of aromatic nitrogens is 4. The number of hydrogen-bond donors (Lipinski definition) is 5. The molecule has 0 bridgehead atoms. The SMILES string of the molecule is C[n+]1cc(OC[C@H](O/N=C(\C(=O)N[C@@H]2C(=O)N(OS(=O)(=O)O)C2(C)C)c2csc(N)n2)C(=O)O)ccc1-c1cnn(CCCN)c1. The molecule has 1 aliphatic rings. The summed E-state index contributed by atoms with van der Waals surface area (Å²) in [6.45, 7) is 3.44. The summed E-state index contributed by atoms with van der Waals surface area (Å²) < 4.78 is 44.6. The highest BCUT2D eigenvalue weighted by Crippen LogP contribution is 2.33. The summed E-state index contributed by atoms with van der Waals surface area (Å²) in [7, 11) is -3.24. The summed E-state index contributed by atoms with van der Waals surface area (Å²) >= 11 is 0.956. The summed E-state index contributed by atoms with van der Waals surface area (Å²) in [5, 5.41) is 21.9. The van der Waals surface area contributed by atoms with Gasteiger partial charge in [0.15, 0.2) is 16.6 Å². The van der Waals surface area contributed by atoms with E-state index in [1.165, 1.54) is 19.2 Å². The van der Waals surface area contributed by atoms with Crippen molar-refractivity contribution < 1.29 is 50.9 Å². The molecule has 4 rings (SSSR count). The number of carbonyl (C=O) groups is 3. The fraction of sp³-hybridized carbons (Fsp3) is 0.400. The smallest absolute Gasteiger partial charge is 0.418 e. The van der Waals surface area contributed by atoms with E-state index in [4.69, 9.17) is 25.6 Å². The van der Waals surface area contributed by atoms with E-state index in [-0.39, 0.29) is 10.8 Å². The number of nitrogens with two attached hydrogens (primary N) is 2.